The second-order valence-corrected chi connectivity index (χ2v) is 7.33. The highest BCUT2D eigenvalue weighted by Gasteiger charge is 2.17. The van der Waals surface area contributed by atoms with Crippen molar-refractivity contribution >= 4 is 15.6 Å². The van der Waals surface area contributed by atoms with Crippen molar-refractivity contribution in [2.24, 2.45) is 0 Å². The average Bonchev–Trinajstić information content (AvgIpc) is 2.36. The molecule has 0 spiro atoms. The van der Waals surface area contributed by atoms with Crippen molar-refractivity contribution in [3.8, 4) is 0 Å². The van der Waals surface area contributed by atoms with Gasteiger partial charge in [0.15, 0.2) is 15.6 Å². The molecule has 0 unspecified atom stereocenters. The molecule has 0 saturated carbocycles. The van der Waals surface area contributed by atoms with Gasteiger partial charge in [-0.15, -0.1) is 0 Å². The molecular weight excluding hydrogens is 260 g/mol. The van der Waals surface area contributed by atoms with Crippen molar-refractivity contribution in [2.45, 2.75) is 39.5 Å². The molecule has 0 saturated heterocycles. The zero-order valence-electron chi connectivity index (χ0n) is 11.8. The Hall–Kier alpha value is -1.16. The zero-order valence-corrected chi connectivity index (χ0v) is 12.7. The summed E-state index contributed by atoms with van der Waals surface area (Å²) in [5.41, 5.74) is 1.62. The van der Waals surface area contributed by atoms with Gasteiger partial charge in [0.05, 0.1) is 5.75 Å². The van der Waals surface area contributed by atoms with Crippen molar-refractivity contribution in [3.63, 3.8) is 0 Å². The van der Waals surface area contributed by atoms with E-state index in [2.05, 4.69) is 13.8 Å². The third-order valence-electron chi connectivity index (χ3n) is 3.06. The van der Waals surface area contributed by atoms with Crippen molar-refractivity contribution in [1.82, 2.24) is 0 Å². The summed E-state index contributed by atoms with van der Waals surface area (Å²) in [6.07, 6.45) is 1.43. The highest BCUT2D eigenvalue weighted by Crippen LogP contribution is 2.15. The Morgan fingerprint density at radius 1 is 1.16 bits per heavy atom. The van der Waals surface area contributed by atoms with Gasteiger partial charge in [0.2, 0.25) is 0 Å². The number of hydrogen-bond acceptors (Lipinski definition) is 3. The van der Waals surface area contributed by atoms with Crippen LogP contribution in [0.2, 0.25) is 0 Å². The molecule has 19 heavy (non-hydrogen) atoms. The minimum atomic E-state index is -3.27. The number of carbonyl (C=O) groups excluding carboxylic acids is 1. The third-order valence-corrected chi connectivity index (χ3v) is 4.67. The summed E-state index contributed by atoms with van der Waals surface area (Å²) >= 11 is 0. The van der Waals surface area contributed by atoms with Gasteiger partial charge in [-0.05, 0) is 17.9 Å². The van der Waals surface area contributed by atoms with Crippen LogP contribution in [0.25, 0.3) is 0 Å². The molecule has 0 N–H and O–H groups in total. The highest BCUT2D eigenvalue weighted by molar-refractivity contribution is 7.92. The SMILES string of the molecule is CCCCS(=O)(=O)CC(=O)c1ccc(C(C)C)cc1. The van der Waals surface area contributed by atoms with Gasteiger partial charge in [-0.3, -0.25) is 4.79 Å². The van der Waals surface area contributed by atoms with E-state index in [1.54, 1.807) is 12.1 Å². The van der Waals surface area contributed by atoms with Gasteiger partial charge in [0.25, 0.3) is 0 Å². The first-order chi connectivity index (χ1) is 8.85. The molecule has 0 amide bonds. The predicted molar refractivity (Wildman–Crippen MR) is 78.4 cm³/mol. The van der Waals surface area contributed by atoms with Crippen LogP contribution in [0.5, 0.6) is 0 Å². The molecule has 106 valence electrons. The van der Waals surface area contributed by atoms with Crippen LogP contribution < -0.4 is 0 Å². The Kier molecular flexibility index (Phi) is 5.73. The highest BCUT2D eigenvalue weighted by atomic mass is 32.2. The topological polar surface area (TPSA) is 51.2 Å². The van der Waals surface area contributed by atoms with E-state index in [0.29, 0.717) is 17.9 Å². The number of sulfone groups is 1. The lowest BCUT2D eigenvalue weighted by molar-refractivity contribution is 0.102. The molecule has 1 aromatic rings. The molecule has 4 heteroatoms. The van der Waals surface area contributed by atoms with E-state index in [4.69, 9.17) is 0 Å². The van der Waals surface area contributed by atoms with Crippen LogP contribution in [0.3, 0.4) is 0 Å². The van der Waals surface area contributed by atoms with Crippen LogP contribution in [-0.2, 0) is 9.84 Å². The van der Waals surface area contributed by atoms with Gasteiger partial charge < -0.3 is 0 Å². The van der Waals surface area contributed by atoms with E-state index in [-0.39, 0.29) is 17.3 Å². The first-order valence-electron chi connectivity index (χ1n) is 6.69. The summed E-state index contributed by atoms with van der Waals surface area (Å²) in [6, 6.07) is 7.20. The fourth-order valence-electron chi connectivity index (χ4n) is 1.77. The lowest BCUT2D eigenvalue weighted by Crippen LogP contribution is -2.19. The fraction of sp³-hybridized carbons (Fsp3) is 0.533. The van der Waals surface area contributed by atoms with Gasteiger partial charge in [-0.2, -0.15) is 0 Å². The monoisotopic (exact) mass is 282 g/mol. The fourth-order valence-corrected chi connectivity index (χ4v) is 3.21. The molecule has 0 radical (unpaired) electrons. The van der Waals surface area contributed by atoms with E-state index in [1.807, 2.05) is 19.1 Å². The smallest absolute Gasteiger partial charge is 0.177 e. The van der Waals surface area contributed by atoms with Crippen molar-refractivity contribution in [3.05, 3.63) is 35.4 Å². The first-order valence-corrected chi connectivity index (χ1v) is 8.51. The molecule has 1 aromatic carbocycles. The molecule has 3 nitrogen and oxygen atoms in total. The van der Waals surface area contributed by atoms with E-state index >= 15 is 0 Å². The molecule has 0 atom stereocenters. The Morgan fingerprint density at radius 3 is 2.21 bits per heavy atom. The Balaban J connectivity index is 2.73. The molecular formula is C15H22O3S. The second kappa shape index (κ2) is 6.85. The largest absolute Gasteiger partial charge is 0.293 e. The molecule has 0 aromatic heterocycles. The standard InChI is InChI=1S/C15H22O3S/c1-4-5-10-19(17,18)11-15(16)14-8-6-13(7-9-14)12(2)3/h6-9,12H,4-5,10-11H2,1-3H3. The molecule has 0 aliphatic carbocycles. The third kappa shape index (κ3) is 5.15. The number of carbonyl (C=O) groups is 1. The minimum absolute atomic E-state index is 0.0965. The zero-order chi connectivity index (χ0) is 14.5. The summed E-state index contributed by atoms with van der Waals surface area (Å²) in [5, 5.41) is 0. The summed E-state index contributed by atoms with van der Waals surface area (Å²) in [7, 11) is -3.27. The van der Waals surface area contributed by atoms with Gasteiger partial charge >= 0.3 is 0 Å². The number of hydrogen-bond donors (Lipinski definition) is 0. The minimum Gasteiger partial charge on any atom is -0.293 e. The van der Waals surface area contributed by atoms with E-state index in [9.17, 15) is 13.2 Å². The summed E-state index contributed by atoms with van der Waals surface area (Å²) in [5.74, 6) is -0.197. The summed E-state index contributed by atoms with van der Waals surface area (Å²) < 4.78 is 23.5. The van der Waals surface area contributed by atoms with Gasteiger partial charge in [-0.1, -0.05) is 51.5 Å². The maximum Gasteiger partial charge on any atom is 0.177 e. The maximum absolute atomic E-state index is 11.9. The molecule has 0 aliphatic heterocycles. The molecule has 0 bridgehead atoms. The van der Waals surface area contributed by atoms with Gasteiger partial charge in [0.1, 0.15) is 5.75 Å². The molecule has 0 heterocycles. The Bertz CT molecular complexity index is 513. The van der Waals surface area contributed by atoms with E-state index in [0.717, 1.165) is 12.0 Å². The van der Waals surface area contributed by atoms with Gasteiger partial charge in [-0.25, -0.2) is 8.42 Å². The number of rotatable bonds is 7. The maximum atomic E-state index is 11.9. The summed E-state index contributed by atoms with van der Waals surface area (Å²) in [6.45, 7) is 6.08. The van der Waals surface area contributed by atoms with E-state index in [1.165, 1.54) is 0 Å². The normalized spacial score (nSPS) is 11.8. The number of Topliss-reactive ketones (excluding diaryl/α,β-unsaturated/α-hetero) is 1. The Labute approximate surface area is 116 Å². The number of ketones is 1. The average molecular weight is 282 g/mol. The van der Waals surface area contributed by atoms with Crippen LogP contribution >= 0.6 is 0 Å². The van der Waals surface area contributed by atoms with Crippen molar-refractivity contribution in [1.29, 1.82) is 0 Å². The first kappa shape index (κ1) is 15.9. The van der Waals surface area contributed by atoms with Crippen LogP contribution in [0, 0.1) is 0 Å². The molecule has 0 aliphatic rings. The molecule has 1 rings (SSSR count). The van der Waals surface area contributed by atoms with Crippen LogP contribution in [-0.4, -0.2) is 25.7 Å². The molecule has 0 fully saturated rings. The van der Waals surface area contributed by atoms with E-state index < -0.39 is 9.84 Å². The predicted octanol–water partition coefficient (Wildman–Crippen LogP) is 3.21. The quantitative estimate of drug-likeness (QED) is 0.722. The Morgan fingerprint density at radius 2 is 1.74 bits per heavy atom. The van der Waals surface area contributed by atoms with Gasteiger partial charge in [0, 0.05) is 5.56 Å². The lowest BCUT2D eigenvalue weighted by Gasteiger charge is -2.07. The van der Waals surface area contributed by atoms with Crippen LogP contribution in [0.4, 0.5) is 0 Å². The number of unbranched alkanes of at least 4 members (excludes halogenated alkanes) is 1. The second-order valence-electron chi connectivity index (χ2n) is 5.15. The van der Waals surface area contributed by atoms with Crippen LogP contribution in [0.15, 0.2) is 24.3 Å². The van der Waals surface area contributed by atoms with Crippen LogP contribution in [0.1, 0.15) is 55.5 Å². The lowest BCUT2D eigenvalue weighted by atomic mass is 10.0. The van der Waals surface area contributed by atoms with Crippen molar-refractivity contribution in [2.75, 3.05) is 11.5 Å². The van der Waals surface area contributed by atoms with Crippen molar-refractivity contribution < 1.29 is 13.2 Å². The summed E-state index contributed by atoms with van der Waals surface area (Å²) in [4.78, 5) is 11.9. The number of benzene rings is 1.